The van der Waals surface area contributed by atoms with Crippen LogP contribution in [-0.2, 0) is 9.53 Å². The van der Waals surface area contributed by atoms with Gasteiger partial charge >= 0.3 is 0 Å². The van der Waals surface area contributed by atoms with Gasteiger partial charge in [0.05, 0.1) is 6.54 Å². The number of rotatable bonds is 11. The molecule has 9 heteroatoms. The van der Waals surface area contributed by atoms with Gasteiger partial charge in [-0.1, -0.05) is 6.07 Å². The second kappa shape index (κ2) is 15.3. The molecule has 160 valence electrons. The smallest absolute Gasteiger partial charge is 0.243 e. The summed E-state index contributed by atoms with van der Waals surface area (Å²) in [4.78, 5) is 17.6. The fraction of sp³-hybridized carbons (Fsp3) is 0.579. The molecule has 1 amide bonds. The molecule has 0 radical (unpaired) electrons. The summed E-state index contributed by atoms with van der Waals surface area (Å²) in [5.41, 5.74) is 0. The van der Waals surface area contributed by atoms with Gasteiger partial charge in [0.15, 0.2) is 5.96 Å². The molecule has 0 aliphatic heterocycles. The monoisotopic (exact) mass is 510 g/mol. The standard InChI is InChI=1S/C19H31FN4O3.HI/c1-5-26-11-7-10-21-19(23-14-18(25)24(3)4)22-13-15(2)27-17-9-6-8-16(20)12-17;/h6,8-9,12,15H,5,7,10-11,13-14H2,1-4H3,(H2,21,22,23);1H. The molecular weight excluding hydrogens is 478 g/mol. The van der Waals surface area contributed by atoms with Gasteiger partial charge in [0, 0.05) is 39.9 Å². The van der Waals surface area contributed by atoms with Gasteiger partial charge in [0.2, 0.25) is 5.91 Å². The van der Waals surface area contributed by atoms with Crippen molar-refractivity contribution in [3.8, 4) is 5.75 Å². The average molecular weight is 510 g/mol. The maximum atomic E-state index is 13.2. The van der Waals surface area contributed by atoms with Crippen molar-refractivity contribution in [3.05, 3.63) is 30.1 Å². The van der Waals surface area contributed by atoms with Crippen molar-refractivity contribution in [2.75, 3.05) is 46.9 Å². The zero-order valence-electron chi connectivity index (χ0n) is 17.0. The van der Waals surface area contributed by atoms with Crippen LogP contribution in [0.2, 0.25) is 0 Å². The highest BCUT2D eigenvalue weighted by Crippen LogP contribution is 2.13. The lowest BCUT2D eigenvalue weighted by Gasteiger charge is -2.18. The summed E-state index contributed by atoms with van der Waals surface area (Å²) in [6.45, 7) is 6.33. The number of nitrogens with zero attached hydrogens (tertiary/aromatic N) is 2. The number of benzene rings is 1. The number of ether oxygens (including phenoxy) is 2. The molecule has 0 heterocycles. The van der Waals surface area contributed by atoms with E-state index in [0.717, 1.165) is 6.42 Å². The van der Waals surface area contributed by atoms with Crippen molar-refractivity contribution in [2.45, 2.75) is 26.4 Å². The third-order valence-corrected chi connectivity index (χ3v) is 3.52. The van der Waals surface area contributed by atoms with E-state index in [4.69, 9.17) is 9.47 Å². The lowest BCUT2D eigenvalue weighted by molar-refractivity contribution is -0.127. The number of guanidine groups is 1. The summed E-state index contributed by atoms with van der Waals surface area (Å²) >= 11 is 0. The SMILES string of the molecule is CCOCCCNC(=NCC(=O)N(C)C)NCC(C)Oc1cccc(F)c1.I. The normalized spacial score (nSPS) is 12.0. The summed E-state index contributed by atoms with van der Waals surface area (Å²) < 4.78 is 24.2. The van der Waals surface area contributed by atoms with E-state index < -0.39 is 0 Å². The first-order valence-electron chi connectivity index (χ1n) is 9.14. The van der Waals surface area contributed by atoms with E-state index in [0.29, 0.717) is 38.0 Å². The number of hydrogen-bond donors (Lipinski definition) is 2. The lowest BCUT2D eigenvalue weighted by Crippen LogP contribution is -2.43. The van der Waals surface area contributed by atoms with Crippen LogP contribution in [0.4, 0.5) is 4.39 Å². The Hall–Kier alpha value is -1.62. The zero-order valence-corrected chi connectivity index (χ0v) is 19.4. The number of amides is 1. The first kappa shape index (κ1) is 26.4. The second-order valence-corrected chi connectivity index (χ2v) is 6.20. The molecule has 1 aromatic carbocycles. The van der Waals surface area contributed by atoms with Gasteiger partial charge in [-0.15, -0.1) is 24.0 Å². The summed E-state index contributed by atoms with van der Waals surface area (Å²) in [5.74, 6) is 0.564. The van der Waals surface area contributed by atoms with Crippen LogP contribution < -0.4 is 15.4 Å². The third kappa shape index (κ3) is 12.0. The van der Waals surface area contributed by atoms with E-state index in [-0.39, 0.29) is 48.3 Å². The van der Waals surface area contributed by atoms with Crippen LogP contribution in [-0.4, -0.2) is 69.8 Å². The first-order valence-corrected chi connectivity index (χ1v) is 9.14. The number of halogens is 2. The van der Waals surface area contributed by atoms with Crippen LogP contribution >= 0.6 is 24.0 Å². The number of carbonyl (C=O) groups is 1. The van der Waals surface area contributed by atoms with Gasteiger partial charge in [-0.25, -0.2) is 9.38 Å². The number of aliphatic imine (C=N–C) groups is 1. The summed E-state index contributed by atoms with van der Waals surface area (Å²) in [6.07, 6.45) is 0.609. The minimum absolute atomic E-state index is 0. The molecule has 0 aromatic heterocycles. The van der Waals surface area contributed by atoms with E-state index in [1.807, 2.05) is 13.8 Å². The third-order valence-electron chi connectivity index (χ3n) is 3.52. The largest absolute Gasteiger partial charge is 0.489 e. The second-order valence-electron chi connectivity index (χ2n) is 6.20. The predicted molar refractivity (Wildman–Crippen MR) is 120 cm³/mol. The van der Waals surface area contributed by atoms with Crippen LogP contribution in [0, 0.1) is 5.82 Å². The molecule has 1 unspecified atom stereocenters. The first-order chi connectivity index (χ1) is 12.9. The van der Waals surface area contributed by atoms with Gasteiger partial charge in [0.1, 0.15) is 24.2 Å². The predicted octanol–water partition coefficient (Wildman–Crippen LogP) is 2.26. The maximum absolute atomic E-state index is 13.2. The van der Waals surface area contributed by atoms with E-state index in [9.17, 15) is 9.18 Å². The highest BCUT2D eigenvalue weighted by molar-refractivity contribution is 14.0. The quantitative estimate of drug-likeness (QED) is 0.207. The summed E-state index contributed by atoms with van der Waals surface area (Å²) in [6, 6.07) is 6.02. The van der Waals surface area contributed by atoms with E-state index in [2.05, 4.69) is 15.6 Å². The lowest BCUT2D eigenvalue weighted by atomic mass is 10.3. The molecule has 1 aromatic rings. The van der Waals surface area contributed by atoms with Gasteiger partial charge in [-0.05, 0) is 32.4 Å². The molecule has 0 aliphatic carbocycles. The van der Waals surface area contributed by atoms with E-state index in [1.54, 1.807) is 26.2 Å². The number of likely N-dealkylation sites (N-methyl/N-ethyl adjacent to an activating group) is 1. The molecule has 0 fully saturated rings. The van der Waals surface area contributed by atoms with Crippen molar-refractivity contribution >= 4 is 35.8 Å². The average Bonchev–Trinajstić information content (AvgIpc) is 2.62. The highest BCUT2D eigenvalue weighted by Gasteiger charge is 2.08. The van der Waals surface area contributed by atoms with E-state index >= 15 is 0 Å². The van der Waals surface area contributed by atoms with Crippen LogP contribution in [0.1, 0.15) is 20.3 Å². The molecule has 2 N–H and O–H groups in total. The number of carbonyl (C=O) groups excluding carboxylic acids is 1. The molecule has 7 nitrogen and oxygen atoms in total. The van der Waals surface area contributed by atoms with Gasteiger partial charge in [-0.2, -0.15) is 0 Å². The Morgan fingerprint density at radius 1 is 1.32 bits per heavy atom. The highest BCUT2D eigenvalue weighted by atomic mass is 127. The minimum atomic E-state index is -0.340. The summed E-state index contributed by atoms with van der Waals surface area (Å²) in [5, 5.41) is 6.32. The number of hydrogen-bond acceptors (Lipinski definition) is 4. The Morgan fingerprint density at radius 3 is 2.71 bits per heavy atom. The Labute approximate surface area is 184 Å². The molecule has 0 aliphatic rings. The van der Waals surface area contributed by atoms with Crippen LogP contribution in [0.5, 0.6) is 5.75 Å². The molecule has 0 saturated carbocycles. The van der Waals surface area contributed by atoms with E-state index in [1.165, 1.54) is 17.0 Å². The van der Waals surface area contributed by atoms with Gasteiger partial charge < -0.3 is 25.0 Å². The van der Waals surface area contributed by atoms with Crippen LogP contribution in [0.3, 0.4) is 0 Å². The van der Waals surface area contributed by atoms with Crippen molar-refractivity contribution in [2.24, 2.45) is 4.99 Å². The van der Waals surface area contributed by atoms with Crippen molar-refractivity contribution in [3.63, 3.8) is 0 Å². The van der Waals surface area contributed by atoms with Crippen molar-refractivity contribution < 1.29 is 18.7 Å². The maximum Gasteiger partial charge on any atom is 0.243 e. The Kier molecular flexibility index (Phi) is 14.4. The molecule has 28 heavy (non-hydrogen) atoms. The molecule has 0 bridgehead atoms. The minimum Gasteiger partial charge on any atom is -0.489 e. The molecule has 1 rings (SSSR count). The Balaban J connectivity index is 0.00000729. The fourth-order valence-electron chi connectivity index (χ4n) is 2.04. The fourth-order valence-corrected chi connectivity index (χ4v) is 2.04. The van der Waals surface area contributed by atoms with Crippen molar-refractivity contribution in [1.82, 2.24) is 15.5 Å². The molecular formula is C19H32FIN4O3. The molecule has 1 atom stereocenters. The van der Waals surface area contributed by atoms with Gasteiger partial charge in [-0.3, -0.25) is 4.79 Å². The summed E-state index contributed by atoms with van der Waals surface area (Å²) in [7, 11) is 3.38. The van der Waals surface area contributed by atoms with Gasteiger partial charge in [0.25, 0.3) is 0 Å². The molecule has 0 spiro atoms. The Morgan fingerprint density at radius 2 is 2.07 bits per heavy atom. The van der Waals surface area contributed by atoms with Crippen LogP contribution in [0.15, 0.2) is 29.3 Å². The zero-order chi connectivity index (χ0) is 20.1. The molecule has 0 saturated heterocycles. The van der Waals surface area contributed by atoms with Crippen LogP contribution in [0.25, 0.3) is 0 Å². The Bertz CT molecular complexity index is 602. The number of nitrogens with one attached hydrogen (secondary N) is 2. The topological polar surface area (TPSA) is 75.2 Å². The van der Waals surface area contributed by atoms with Crippen molar-refractivity contribution in [1.29, 1.82) is 0 Å².